The van der Waals surface area contributed by atoms with Crippen molar-refractivity contribution in [2.45, 2.75) is 52.0 Å². The Labute approximate surface area is 228 Å². The summed E-state index contributed by atoms with van der Waals surface area (Å²) in [6, 6.07) is 14.0. The Morgan fingerprint density at radius 3 is 2.32 bits per heavy atom. The average molecular weight is 531 g/mol. The topological polar surface area (TPSA) is 31.4 Å². The van der Waals surface area contributed by atoms with Gasteiger partial charge in [-0.25, -0.2) is 4.39 Å². The van der Waals surface area contributed by atoms with Gasteiger partial charge in [-0.15, -0.1) is 9.39 Å². The molecule has 3 aromatic rings. The van der Waals surface area contributed by atoms with E-state index in [1.165, 1.54) is 5.56 Å². The van der Waals surface area contributed by atoms with E-state index >= 15 is 4.39 Å². The lowest BCUT2D eigenvalue weighted by molar-refractivity contribution is 0.612. The van der Waals surface area contributed by atoms with Gasteiger partial charge in [-0.3, -0.25) is 4.98 Å². The summed E-state index contributed by atoms with van der Waals surface area (Å²) in [5.41, 5.74) is 7.34. The van der Waals surface area contributed by atoms with Crippen LogP contribution in [-0.2, 0) is 6.54 Å². The molecule has 4 nitrogen and oxygen atoms in total. The second-order valence-corrected chi connectivity index (χ2v) is 12.5. The molecule has 0 spiro atoms. The van der Waals surface area contributed by atoms with E-state index in [0.717, 1.165) is 64.5 Å². The molecule has 1 aliphatic rings. The zero-order chi connectivity index (χ0) is 27.4. The summed E-state index contributed by atoms with van der Waals surface area (Å²) >= 11 is 0. The summed E-state index contributed by atoms with van der Waals surface area (Å²) in [5.74, 6) is 8.76. The number of nitrogens with zero attached hydrogens (tertiary/aromatic N) is 3. The molecule has 2 aromatic carbocycles. The first kappa shape index (κ1) is 27.5. The predicted octanol–water partition coefficient (Wildman–Crippen LogP) is 7.57. The van der Waals surface area contributed by atoms with Crippen molar-refractivity contribution in [3.63, 3.8) is 0 Å². The van der Waals surface area contributed by atoms with Crippen LogP contribution < -0.4 is 14.5 Å². The highest BCUT2D eigenvalue weighted by Gasteiger charge is 2.26. The molecule has 0 saturated carbocycles. The summed E-state index contributed by atoms with van der Waals surface area (Å²) in [6.07, 6.45) is 7.56. The van der Waals surface area contributed by atoms with Crippen LogP contribution in [-0.4, -0.2) is 29.8 Å². The average Bonchev–Trinajstić information content (AvgIpc) is 2.87. The van der Waals surface area contributed by atoms with E-state index in [4.69, 9.17) is 0 Å². The normalized spacial score (nSPS) is 13.2. The van der Waals surface area contributed by atoms with Crippen LogP contribution in [0, 0.1) is 19.7 Å². The number of hydrogen-bond donors (Lipinski definition) is 1. The summed E-state index contributed by atoms with van der Waals surface area (Å²) in [4.78, 5) is 9.55. The number of aromatic nitrogens is 1. The fraction of sp³-hybridized carbons (Fsp3) is 0.281. The van der Waals surface area contributed by atoms with E-state index in [1.807, 2.05) is 18.2 Å². The van der Waals surface area contributed by atoms with E-state index in [2.05, 4.69) is 89.9 Å². The highest BCUT2D eigenvalue weighted by atomic mass is 32.2. The number of pyridine rings is 1. The lowest BCUT2D eigenvalue weighted by Gasteiger charge is -2.35. The Hall–Kier alpha value is -3.51. The van der Waals surface area contributed by atoms with Gasteiger partial charge in [0.2, 0.25) is 0 Å². The molecule has 6 heteroatoms. The second kappa shape index (κ2) is 11.5. The second-order valence-electron chi connectivity index (χ2n) is 10.1. The van der Waals surface area contributed by atoms with Gasteiger partial charge in [0.1, 0.15) is 5.82 Å². The van der Waals surface area contributed by atoms with Crippen molar-refractivity contribution >= 4 is 38.1 Å². The SMILES string of the molecule is C=C1C(NS(=C)(=C)c2ccc(C)cc2C)=CN(Cc2ccncc2)c2cc(N(CCC)CCC)c(F)cc21. The van der Waals surface area contributed by atoms with E-state index in [1.54, 1.807) is 18.5 Å². The van der Waals surface area contributed by atoms with Crippen LogP contribution in [0.1, 0.15) is 48.9 Å². The van der Waals surface area contributed by atoms with E-state index in [9.17, 15) is 0 Å². The number of hydrogen-bond acceptors (Lipinski definition) is 4. The smallest absolute Gasteiger partial charge is 0.147 e. The Balaban J connectivity index is 1.79. The van der Waals surface area contributed by atoms with Crippen LogP contribution in [0.4, 0.5) is 15.8 Å². The van der Waals surface area contributed by atoms with Gasteiger partial charge in [0.05, 0.1) is 17.1 Å². The highest BCUT2D eigenvalue weighted by molar-refractivity contribution is 8.26. The molecule has 1 aromatic heterocycles. The maximum atomic E-state index is 15.7. The highest BCUT2D eigenvalue weighted by Crippen LogP contribution is 2.42. The Kier molecular flexibility index (Phi) is 8.32. The number of aryl methyl sites for hydroxylation is 2. The first-order valence-corrected chi connectivity index (χ1v) is 15.1. The molecule has 1 aliphatic heterocycles. The van der Waals surface area contributed by atoms with Crippen molar-refractivity contribution in [1.29, 1.82) is 0 Å². The number of anilines is 2. The molecule has 200 valence electrons. The first-order valence-electron chi connectivity index (χ1n) is 13.1. The Morgan fingerprint density at radius 1 is 1.00 bits per heavy atom. The van der Waals surface area contributed by atoms with Gasteiger partial charge in [0, 0.05) is 54.3 Å². The minimum absolute atomic E-state index is 0.228. The summed E-state index contributed by atoms with van der Waals surface area (Å²) < 4.78 is 19.3. The zero-order valence-electron chi connectivity index (χ0n) is 23.1. The van der Waals surface area contributed by atoms with Crippen LogP contribution in [0.15, 0.2) is 78.2 Å². The molecule has 0 radical (unpaired) electrons. The van der Waals surface area contributed by atoms with E-state index in [-0.39, 0.29) is 5.82 Å². The van der Waals surface area contributed by atoms with Gasteiger partial charge >= 0.3 is 0 Å². The standard InChI is InChI=1S/C32H39FN4S/c1-8-16-36(17-9-2)31-20-30-27(19-28(31)33)25(5)29(22-37(30)21-26-12-14-34-15-13-26)35-38(6,7)32-11-10-23(3)18-24(32)4/h10-15,18-20,22,35H,5-9,16-17,21H2,1-4H3. The number of halogens is 1. The molecule has 0 atom stereocenters. The van der Waals surface area contributed by atoms with Crippen LogP contribution in [0.5, 0.6) is 0 Å². The number of allylic oxidation sites excluding steroid dienone is 1. The van der Waals surface area contributed by atoms with Crippen LogP contribution >= 0.6 is 9.39 Å². The number of rotatable bonds is 10. The number of nitrogens with one attached hydrogen (secondary N) is 1. The van der Waals surface area contributed by atoms with Crippen LogP contribution in [0.3, 0.4) is 0 Å². The van der Waals surface area contributed by atoms with Crippen LogP contribution in [0.25, 0.3) is 5.57 Å². The summed E-state index contributed by atoms with van der Waals surface area (Å²) in [6.45, 7) is 15.0. The number of fused-ring (bicyclic) bond motifs is 1. The molecular formula is C32H39FN4S. The quantitative estimate of drug-likeness (QED) is 0.274. The largest absolute Gasteiger partial charge is 0.369 e. The van der Waals surface area contributed by atoms with Crippen molar-refractivity contribution < 1.29 is 4.39 Å². The van der Waals surface area contributed by atoms with Gasteiger partial charge in [0.25, 0.3) is 0 Å². The maximum Gasteiger partial charge on any atom is 0.147 e. The van der Waals surface area contributed by atoms with Gasteiger partial charge in [0.15, 0.2) is 0 Å². The van der Waals surface area contributed by atoms with Crippen molar-refractivity contribution in [3.05, 3.63) is 101 Å². The van der Waals surface area contributed by atoms with E-state index < -0.39 is 9.39 Å². The third kappa shape index (κ3) is 5.81. The monoisotopic (exact) mass is 530 g/mol. The fourth-order valence-electron chi connectivity index (χ4n) is 5.02. The number of benzene rings is 2. The molecular weight excluding hydrogens is 491 g/mol. The minimum Gasteiger partial charge on any atom is -0.369 e. The molecule has 0 saturated heterocycles. The lowest BCUT2D eigenvalue weighted by atomic mass is 9.97. The van der Waals surface area contributed by atoms with Crippen molar-refractivity contribution in [2.75, 3.05) is 22.9 Å². The maximum absolute atomic E-state index is 15.7. The predicted molar refractivity (Wildman–Crippen MR) is 166 cm³/mol. The molecule has 0 unspecified atom stereocenters. The molecule has 4 rings (SSSR count). The third-order valence-electron chi connectivity index (χ3n) is 6.80. The van der Waals surface area contributed by atoms with Crippen molar-refractivity contribution in [3.8, 4) is 0 Å². The van der Waals surface area contributed by atoms with E-state index in [0.29, 0.717) is 12.2 Å². The molecule has 2 heterocycles. The minimum atomic E-state index is -1.90. The van der Waals surface area contributed by atoms with Crippen molar-refractivity contribution in [1.82, 2.24) is 9.71 Å². The molecule has 0 fully saturated rings. The Bertz CT molecular complexity index is 1450. The molecule has 0 aliphatic carbocycles. The molecule has 38 heavy (non-hydrogen) atoms. The van der Waals surface area contributed by atoms with Gasteiger partial charge < -0.3 is 14.5 Å². The van der Waals surface area contributed by atoms with Crippen LogP contribution in [0.2, 0.25) is 0 Å². The van der Waals surface area contributed by atoms with Gasteiger partial charge in [-0.2, -0.15) is 0 Å². The summed E-state index contributed by atoms with van der Waals surface area (Å²) in [7, 11) is -1.90. The first-order chi connectivity index (χ1) is 18.1. The zero-order valence-corrected chi connectivity index (χ0v) is 23.9. The molecule has 0 amide bonds. The van der Waals surface area contributed by atoms with Crippen molar-refractivity contribution in [2.24, 2.45) is 0 Å². The summed E-state index contributed by atoms with van der Waals surface area (Å²) in [5, 5.41) is 0. The third-order valence-corrected chi connectivity index (χ3v) is 8.71. The molecule has 1 N–H and O–H groups in total. The van der Waals surface area contributed by atoms with Gasteiger partial charge in [-0.1, -0.05) is 49.9 Å². The fourth-order valence-corrected chi connectivity index (χ4v) is 6.73. The molecule has 0 bridgehead atoms. The lowest BCUT2D eigenvalue weighted by Crippen LogP contribution is -2.29. The Morgan fingerprint density at radius 2 is 1.68 bits per heavy atom. The van der Waals surface area contributed by atoms with Gasteiger partial charge in [-0.05, 0) is 68.1 Å².